The lowest BCUT2D eigenvalue weighted by Gasteiger charge is -2.37. The Labute approximate surface area is 255 Å². The highest BCUT2D eigenvalue weighted by atomic mass is 32.2. The van der Waals surface area contributed by atoms with E-state index in [2.05, 4.69) is 16.1 Å². The zero-order chi connectivity index (χ0) is 31.9. The van der Waals surface area contributed by atoms with E-state index in [-0.39, 0.29) is 48.1 Å². The van der Waals surface area contributed by atoms with Gasteiger partial charge in [-0.2, -0.15) is 0 Å². The van der Waals surface area contributed by atoms with Crippen LogP contribution in [0.25, 0.3) is 0 Å². The monoisotopic (exact) mass is 618 g/mol. The first kappa shape index (κ1) is 34.3. The summed E-state index contributed by atoms with van der Waals surface area (Å²) in [6, 6.07) is 12.9. The van der Waals surface area contributed by atoms with Crippen molar-refractivity contribution < 1.29 is 32.6 Å². The van der Waals surface area contributed by atoms with E-state index in [0.717, 1.165) is 5.56 Å². The highest BCUT2D eigenvalue weighted by molar-refractivity contribution is 7.92. The van der Waals surface area contributed by atoms with E-state index in [9.17, 15) is 23.1 Å². The fourth-order valence-electron chi connectivity index (χ4n) is 4.92. The topological polar surface area (TPSA) is 146 Å². The summed E-state index contributed by atoms with van der Waals surface area (Å²) in [5, 5.41) is 17.6. The van der Waals surface area contributed by atoms with Crippen LogP contribution in [-0.4, -0.2) is 74.3 Å². The Morgan fingerprint density at radius 2 is 1.70 bits per heavy atom. The van der Waals surface area contributed by atoms with Crippen molar-refractivity contribution in [3.05, 3.63) is 54.1 Å². The molecule has 1 aliphatic rings. The number of nitrogens with one attached hydrogen (secondary N) is 3. The van der Waals surface area contributed by atoms with Crippen LogP contribution in [0.1, 0.15) is 53.5 Å². The van der Waals surface area contributed by atoms with Gasteiger partial charge in [0.1, 0.15) is 5.37 Å². The number of aliphatic hydroxyl groups is 1. The minimum atomic E-state index is -3.92. The smallest absolute Gasteiger partial charge is 0.252 e. The standard InChI is InChI=1S/C31H46N4O7S/c1-20(2)30(43(39,40)23-13-14-26-27(16-23)42-21(3)41-26)33-18-25(36)24(15-22-11-9-8-10-12-22)35(34-28(37)19-32-7)29(38)17-31(4,5)6/h8-14,16,20-21,24-25,30,32-33,36H,15,17-19H2,1-7H3,(H,34,37)/t21?,24-,25+,30?/m0/s1. The molecule has 0 spiro atoms. The number of likely N-dealkylation sites (N-methyl/N-ethyl adjacent to an activating group) is 1. The van der Waals surface area contributed by atoms with Gasteiger partial charge in [0.05, 0.1) is 23.6 Å². The number of ether oxygens (including phenoxy) is 2. The van der Waals surface area contributed by atoms with Crippen LogP contribution in [-0.2, 0) is 25.8 Å². The van der Waals surface area contributed by atoms with Crippen molar-refractivity contribution >= 4 is 21.7 Å². The first-order valence-corrected chi connectivity index (χ1v) is 16.1. The van der Waals surface area contributed by atoms with E-state index in [0.29, 0.717) is 11.5 Å². The number of carbonyl (C=O) groups excluding carboxylic acids is 2. The van der Waals surface area contributed by atoms with E-state index in [4.69, 9.17) is 9.47 Å². The van der Waals surface area contributed by atoms with Crippen LogP contribution in [0.5, 0.6) is 11.5 Å². The SMILES string of the molecule is CNCC(=O)NN(C(=O)CC(C)(C)C)[C@@H](Cc1ccccc1)[C@H](O)CNC(C(C)C)S(=O)(=O)c1ccc2c(c1)OC(C)O2. The lowest BCUT2D eigenvalue weighted by molar-refractivity contribution is -0.148. The van der Waals surface area contributed by atoms with E-state index in [1.165, 1.54) is 17.1 Å². The molecular weight excluding hydrogens is 572 g/mol. The summed E-state index contributed by atoms with van der Waals surface area (Å²) in [6.07, 6.45) is -1.42. The lowest BCUT2D eigenvalue weighted by atomic mass is 9.91. The zero-order valence-corrected chi connectivity index (χ0v) is 26.9. The number of aliphatic hydroxyl groups excluding tert-OH is 1. The van der Waals surface area contributed by atoms with Crippen molar-refractivity contribution in [3.8, 4) is 11.5 Å². The quantitative estimate of drug-likeness (QED) is 0.249. The Balaban J connectivity index is 1.90. The first-order valence-electron chi connectivity index (χ1n) is 14.5. The third-order valence-electron chi connectivity index (χ3n) is 6.89. The van der Waals surface area contributed by atoms with Gasteiger partial charge in [-0.05, 0) is 42.5 Å². The number of nitrogens with zero attached hydrogens (tertiary/aromatic N) is 1. The summed E-state index contributed by atoms with van der Waals surface area (Å²) in [6.45, 7) is 10.8. The highest BCUT2D eigenvalue weighted by Crippen LogP contribution is 2.37. The maximum Gasteiger partial charge on any atom is 0.252 e. The van der Waals surface area contributed by atoms with Gasteiger partial charge >= 0.3 is 0 Å². The van der Waals surface area contributed by atoms with Gasteiger partial charge in [0.15, 0.2) is 21.3 Å². The number of fused-ring (bicyclic) bond motifs is 1. The Morgan fingerprint density at radius 3 is 2.30 bits per heavy atom. The highest BCUT2D eigenvalue weighted by Gasteiger charge is 2.36. The van der Waals surface area contributed by atoms with Crippen molar-refractivity contribution in [1.82, 2.24) is 21.1 Å². The molecule has 11 nitrogen and oxygen atoms in total. The molecule has 4 N–H and O–H groups in total. The minimum Gasteiger partial charge on any atom is -0.451 e. The van der Waals surface area contributed by atoms with E-state index in [1.807, 2.05) is 51.1 Å². The fraction of sp³-hybridized carbons (Fsp3) is 0.548. The molecule has 3 rings (SSSR count). The third-order valence-corrected chi connectivity index (χ3v) is 9.18. The summed E-state index contributed by atoms with van der Waals surface area (Å²) in [7, 11) is -2.30. The maximum atomic E-state index is 13.8. The number of rotatable bonds is 13. The molecule has 0 aromatic heterocycles. The van der Waals surface area contributed by atoms with Crippen molar-refractivity contribution in [2.45, 2.75) is 83.1 Å². The van der Waals surface area contributed by atoms with Gasteiger partial charge in [-0.3, -0.25) is 20.3 Å². The Hall–Kier alpha value is -3.19. The van der Waals surface area contributed by atoms with Gasteiger partial charge in [-0.1, -0.05) is 65.0 Å². The molecule has 2 aromatic carbocycles. The van der Waals surface area contributed by atoms with Crippen LogP contribution >= 0.6 is 0 Å². The molecule has 0 saturated heterocycles. The van der Waals surface area contributed by atoms with Gasteiger partial charge in [-0.25, -0.2) is 13.4 Å². The summed E-state index contributed by atoms with van der Waals surface area (Å²) in [4.78, 5) is 26.3. The maximum absolute atomic E-state index is 13.8. The van der Waals surface area contributed by atoms with Crippen LogP contribution in [0.2, 0.25) is 0 Å². The summed E-state index contributed by atoms with van der Waals surface area (Å²) < 4.78 is 38.6. The molecule has 2 amide bonds. The molecule has 2 unspecified atom stereocenters. The molecule has 0 radical (unpaired) electrons. The lowest BCUT2D eigenvalue weighted by Crippen LogP contribution is -2.60. The number of carbonyl (C=O) groups is 2. The minimum absolute atomic E-state index is 0.0341. The Bertz CT molecular complexity index is 1350. The molecule has 0 saturated carbocycles. The van der Waals surface area contributed by atoms with Crippen LogP contribution in [0.4, 0.5) is 0 Å². The number of benzene rings is 2. The van der Waals surface area contributed by atoms with E-state index < -0.39 is 39.6 Å². The van der Waals surface area contributed by atoms with Crippen molar-refractivity contribution in [2.24, 2.45) is 11.3 Å². The number of sulfone groups is 1. The predicted molar refractivity (Wildman–Crippen MR) is 164 cm³/mol. The van der Waals surface area contributed by atoms with Gasteiger partial charge < -0.3 is 19.9 Å². The molecule has 1 heterocycles. The number of hydrazine groups is 1. The number of hydrogen-bond acceptors (Lipinski definition) is 9. The zero-order valence-electron chi connectivity index (χ0n) is 26.1. The Morgan fingerprint density at radius 1 is 1.05 bits per heavy atom. The predicted octanol–water partition coefficient (Wildman–Crippen LogP) is 2.64. The van der Waals surface area contributed by atoms with Crippen molar-refractivity contribution in [1.29, 1.82) is 0 Å². The number of amides is 2. The molecule has 0 fully saturated rings. The molecule has 43 heavy (non-hydrogen) atoms. The molecule has 0 aliphatic carbocycles. The third kappa shape index (κ3) is 9.40. The molecule has 1 aliphatic heterocycles. The largest absolute Gasteiger partial charge is 0.451 e. The molecule has 238 valence electrons. The van der Waals surface area contributed by atoms with Gasteiger partial charge in [0.25, 0.3) is 5.91 Å². The first-order chi connectivity index (χ1) is 20.1. The Kier molecular flexibility index (Phi) is 11.6. The molecular formula is C31H46N4O7S. The van der Waals surface area contributed by atoms with Crippen LogP contribution < -0.4 is 25.5 Å². The van der Waals surface area contributed by atoms with Crippen molar-refractivity contribution in [2.75, 3.05) is 20.1 Å². The van der Waals surface area contributed by atoms with Crippen LogP contribution in [0, 0.1) is 11.3 Å². The number of hydrogen-bond donors (Lipinski definition) is 4. The fourth-order valence-corrected chi connectivity index (χ4v) is 6.77. The second-order valence-corrected chi connectivity index (χ2v) is 14.5. The molecule has 2 aromatic rings. The van der Waals surface area contributed by atoms with Crippen molar-refractivity contribution in [3.63, 3.8) is 0 Å². The van der Waals surface area contributed by atoms with E-state index in [1.54, 1.807) is 33.9 Å². The average Bonchev–Trinajstić information content (AvgIpc) is 3.29. The molecule has 4 atom stereocenters. The second-order valence-electron chi connectivity index (χ2n) is 12.4. The molecule has 0 bridgehead atoms. The van der Waals surface area contributed by atoms with Crippen LogP contribution in [0.3, 0.4) is 0 Å². The average molecular weight is 619 g/mol. The van der Waals surface area contributed by atoms with Gasteiger partial charge in [-0.15, -0.1) is 0 Å². The second kappa shape index (κ2) is 14.5. The van der Waals surface area contributed by atoms with Gasteiger partial charge in [0.2, 0.25) is 12.2 Å². The normalized spacial score (nSPS) is 16.9. The van der Waals surface area contributed by atoms with E-state index >= 15 is 0 Å². The summed E-state index contributed by atoms with van der Waals surface area (Å²) >= 11 is 0. The summed E-state index contributed by atoms with van der Waals surface area (Å²) in [5.74, 6) is -0.352. The summed E-state index contributed by atoms with van der Waals surface area (Å²) in [5.41, 5.74) is 3.14. The van der Waals surface area contributed by atoms with Crippen LogP contribution in [0.15, 0.2) is 53.4 Å². The molecule has 12 heteroatoms. The van der Waals surface area contributed by atoms with Gasteiger partial charge in [0, 0.05) is 26.0 Å².